The van der Waals surface area contributed by atoms with E-state index in [1.54, 1.807) is 36.4 Å². The summed E-state index contributed by atoms with van der Waals surface area (Å²) >= 11 is 5.86. The number of halogens is 1. The van der Waals surface area contributed by atoms with Crippen LogP contribution in [0.25, 0.3) is 0 Å². The van der Waals surface area contributed by atoms with E-state index in [2.05, 4.69) is 4.72 Å². The molecule has 2 aromatic carbocycles. The normalized spacial score (nSPS) is 11.0. The molecule has 0 aliphatic heterocycles. The van der Waals surface area contributed by atoms with E-state index in [1.165, 1.54) is 12.1 Å². The zero-order valence-corrected chi connectivity index (χ0v) is 13.3. The number of hydrogen-bond acceptors (Lipinski definition) is 4. The van der Waals surface area contributed by atoms with Gasteiger partial charge in [-0.05, 0) is 29.8 Å². The van der Waals surface area contributed by atoms with Crippen LogP contribution >= 0.6 is 11.6 Å². The highest BCUT2D eigenvalue weighted by atomic mass is 35.5. The zero-order chi connectivity index (χ0) is 16.2. The summed E-state index contributed by atoms with van der Waals surface area (Å²) in [6.45, 7) is 0.0482. The topological polar surface area (TPSA) is 72.5 Å². The first-order valence-electron chi connectivity index (χ1n) is 6.33. The van der Waals surface area contributed by atoms with Crippen LogP contribution in [0.2, 0.25) is 5.02 Å². The van der Waals surface area contributed by atoms with Gasteiger partial charge in [0.15, 0.2) is 0 Å². The molecule has 1 N–H and O–H groups in total. The SMILES string of the molecule is CS(=O)(=O)Nc1ccccc1C(=O)OCc1cccc(Cl)c1. The van der Waals surface area contributed by atoms with Crippen LogP contribution in [0.15, 0.2) is 48.5 Å². The fraction of sp³-hybridized carbons (Fsp3) is 0.133. The molecule has 116 valence electrons. The Morgan fingerprint density at radius 1 is 1.18 bits per heavy atom. The third-order valence-electron chi connectivity index (χ3n) is 2.70. The third kappa shape index (κ3) is 4.75. The molecule has 2 rings (SSSR count). The van der Waals surface area contributed by atoms with Gasteiger partial charge < -0.3 is 4.74 Å². The van der Waals surface area contributed by atoms with Crippen molar-refractivity contribution in [3.05, 3.63) is 64.7 Å². The standard InChI is InChI=1S/C15H14ClNO4S/c1-22(19,20)17-14-8-3-2-7-13(14)15(18)21-10-11-5-4-6-12(16)9-11/h2-9,17H,10H2,1H3. The number of carbonyl (C=O) groups excluding carboxylic acids is 1. The molecule has 0 spiro atoms. The summed E-state index contributed by atoms with van der Waals surface area (Å²) in [5, 5.41) is 0.549. The van der Waals surface area contributed by atoms with Gasteiger partial charge in [-0.15, -0.1) is 0 Å². The Balaban J connectivity index is 2.13. The molecule has 0 saturated heterocycles. The quantitative estimate of drug-likeness (QED) is 0.850. The predicted molar refractivity (Wildman–Crippen MR) is 85.5 cm³/mol. The van der Waals surface area contributed by atoms with Crippen molar-refractivity contribution in [1.82, 2.24) is 0 Å². The van der Waals surface area contributed by atoms with Gasteiger partial charge in [0.1, 0.15) is 6.61 Å². The second kappa shape index (κ2) is 6.81. The molecule has 5 nitrogen and oxygen atoms in total. The maximum absolute atomic E-state index is 12.1. The molecular formula is C15H14ClNO4S. The number of hydrogen-bond donors (Lipinski definition) is 1. The number of rotatable bonds is 5. The molecule has 0 bridgehead atoms. The number of esters is 1. The van der Waals surface area contributed by atoms with E-state index in [9.17, 15) is 13.2 Å². The Hall–Kier alpha value is -2.05. The van der Waals surface area contributed by atoms with Crippen LogP contribution in [-0.2, 0) is 21.4 Å². The Labute approximate surface area is 133 Å². The Morgan fingerprint density at radius 2 is 1.91 bits per heavy atom. The van der Waals surface area contributed by atoms with E-state index in [4.69, 9.17) is 16.3 Å². The van der Waals surface area contributed by atoms with Gasteiger partial charge in [0.2, 0.25) is 10.0 Å². The van der Waals surface area contributed by atoms with Gasteiger partial charge in [-0.2, -0.15) is 0 Å². The van der Waals surface area contributed by atoms with Gasteiger partial charge in [0, 0.05) is 5.02 Å². The number of para-hydroxylation sites is 1. The molecule has 0 heterocycles. The highest BCUT2D eigenvalue weighted by molar-refractivity contribution is 7.92. The summed E-state index contributed by atoms with van der Waals surface area (Å²) in [5.41, 5.74) is 1.07. The molecule has 7 heteroatoms. The lowest BCUT2D eigenvalue weighted by atomic mass is 10.2. The summed E-state index contributed by atoms with van der Waals surface area (Å²) in [6.07, 6.45) is 1.01. The van der Waals surface area contributed by atoms with Crippen molar-refractivity contribution in [2.45, 2.75) is 6.61 Å². The van der Waals surface area contributed by atoms with E-state index in [-0.39, 0.29) is 17.9 Å². The fourth-order valence-electron chi connectivity index (χ4n) is 1.80. The number of nitrogens with one attached hydrogen (secondary N) is 1. The average molecular weight is 340 g/mol. The molecule has 0 saturated carbocycles. The molecule has 0 fully saturated rings. The van der Waals surface area contributed by atoms with Crippen LogP contribution in [0.1, 0.15) is 15.9 Å². The maximum Gasteiger partial charge on any atom is 0.340 e. The van der Waals surface area contributed by atoms with Crippen molar-refractivity contribution < 1.29 is 17.9 Å². The molecule has 0 aliphatic rings. The summed E-state index contributed by atoms with van der Waals surface area (Å²) in [4.78, 5) is 12.1. The first-order valence-corrected chi connectivity index (χ1v) is 8.60. The van der Waals surface area contributed by atoms with E-state index < -0.39 is 16.0 Å². The largest absolute Gasteiger partial charge is 0.457 e. The first kappa shape index (κ1) is 16.3. The average Bonchev–Trinajstić information content (AvgIpc) is 2.44. The highest BCUT2D eigenvalue weighted by Crippen LogP contribution is 2.18. The first-order chi connectivity index (χ1) is 10.3. The number of ether oxygens (including phenoxy) is 1. The molecule has 0 amide bonds. The number of anilines is 1. The van der Waals surface area contributed by atoms with Crippen LogP contribution in [0, 0.1) is 0 Å². The predicted octanol–water partition coefficient (Wildman–Crippen LogP) is 3.07. The van der Waals surface area contributed by atoms with Gasteiger partial charge in [-0.3, -0.25) is 4.72 Å². The molecular weight excluding hydrogens is 326 g/mol. The van der Waals surface area contributed by atoms with E-state index in [0.29, 0.717) is 5.02 Å². The zero-order valence-electron chi connectivity index (χ0n) is 11.7. The summed E-state index contributed by atoms with van der Waals surface area (Å²) in [6, 6.07) is 13.2. The second-order valence-electron chi connectivity index (χ2n) is 4.63. The van der Waals surface area contributed by atoms with Gasteiger partial charge in [-0.1, -0.05) is 35.9 Å². The number of carbonyl (C=O) groups is 1. The molecule has 22 heavy (non-hydrogen) atoms. The molecule has 0 unspecified atom stereocenters. The molecule has 0 aromatic heterocycles. The van der Waals surface area contributed by atoms with Crippen molar-refractivity contribution in [1.29, 1.82) is 0 Å². The fourth-order valence-corrected chi connectivity index (χ4v) is 2.59. The Morgan fingerprint density at radius 3 is 2.59 bits per heavy atom. The van der Waals surface area contributed by atoms with E-state index >= 15 is 0 Å². The second-order valence-corrected chi connectivity index (χ2v) is 6.81. The van der Waals surface area contributed by atoms with Gasteiger partial charge >= 0.3 is 5.97 Å². The highest BCUT2D eigenvalue weighted by Gasteiger charge is 2.15. The monoisotopic (exact) mass is 339 g/mol. The number of sulfonamides is 1. The van der Waals surface area contributed by atoms with Crippen LogP contribution < -0.4 is 4.72 Å². The maximum atomic E-state index is 12.1. The van der Waals surface area contributed by atoms with Crippen LogP contribution in [0.4, 0.5) is 5.69 Å². The van der Waals surface area contributed by atoms with Crippen molar-refractivity contribution in [3.63, 3.8) is 0 Å². The van der Waals surface area contributed by atoms with E-state index in [1.807, 2.05) is 0 Å². The Kier molecular flexibility index (Phi) is 5.05. The Bertz CT molecular complexity index is 790. The van der Waals surface area contributed by atoms with Crippen LogP contribution in [0.3, 0.4) is 0 Å². The van der Waals surface area contributed by atoms with E-state index in [0.717, 1.165) is 11.8 Å². The van der Waals surface area contributed by atoms with Gasteiger partial charge in [0.25, 0.3) is 0 Å². The minimum atomic E-state index is -3.48. The van der Waals surface area contributed by atoms with Crippen molar-refractivity contribution >= 4 is 33.3 Å². The summed E-state index contributed by atoms with van der Waals surface area (Å²) in [7, 11) is -3.48. The lowest BCUT2D eigenvalue weighted by Crippen LogP contribution is -2.14. The minimum absolute atomic E-state index is 0.0482. The van der Waals surface area contributed by atoms with Gasteiger partial charge in [0.05, 0.1) is 17.5 Å². The van der Waals surface area contributed by atoms with Crippen molar-refractivity contribution in [2.24, 2.45) is 0 Å². The summed E-state index contributed by atoms with van der Waals surface area (Å²) < 4.78 is 30.1. The van der Waals surface area contributed by atoms with Crippen LogP contribution in [0.5, 0.6) is 0 Å². The minimum Gasteiger partial charge on any atom is -0.457 e. The molecule has 0 radical (unpaired) electrons. The third-order valence-corrected chi connectivity index (χ3v) is 3.53. The van der Waals surface area contributed by atoms with Crippen molar-refractivity contribution in [3.8, 4) is 0 Å². The molecule has 0 atom stereocenters. The smallest absolute Gasteiger partial charge is 0.340 e. The number of benzene rings is 2. The molecule has 2 aromatic rings. The van der Waals surface area contributed by atoms with Gasteiger partial charge in [-0.25, -0.2) is 13.2 Å². The molecule has 0 aliphatic carbocycles. The van der Waals surface area contributed by atoms with Crippen molar-refractivity contribution in [2.75, 3.05) is 11.0 Å². The lowest BCUT2D eigenvalue weighted by Gasteiger charge is -2.10. The van der Waals surface area contributed by atoms with Crippen LogP contribution in [-0.4, -0.2) is 20.6 Å². The lowest BCUT2D eigenvalue weighted by molar-refractivity contribution is 0.0474. The summed E-state index contributed by atoms with van der Waals surface area (Å²) in [5.74, 6) is -0.619.